The number of halogens is 2. The highest BCUT2D eigenvalue weighted by molar-refractivity contribution is 7.12. The van der Waals surface area contributed by atoms with Crippen LogP contribution in [0.15, 0.2) is 24.4 Å². The van der Waals surface area contributed by atoms with Gasteiger partial charge < -0.3 is 0 Å². The first-order valence-corrected chi connectivity index (χ1v) is 4.37. The van der Waals surface area contributed by atoms with Crippen LogP contribution in [-0.4, -0.2) is 4.98 Å². The molecule has 0 atom stereocenters. The van der Waals surface area contributed by atoms with E-state index in [4.69, 9.17) is 0 Å². The second-order valence-electron chi connectivity index (χ2n) is 2.41. The molecule has 0 N–H and O–H groups in total. The second kappa shape index (κ2) is 3.22. The van der Waals surface area contributed by atoms with E-state index >= 15 is 0 Å². The van der Waals surface area contributed by atoms with Crippen LogP contribution in [0.3, 0.4) is 0 Å². The molecule has 0 unspecified atom stereocenters. The molecule has 0 spiro atoms. The fourth-order valence-electron chi connectivity index (χ4n) is 1.04. The van der Waals surface area contributed by atoms with E-state index < -0.39 is 11.6 Å². The molecule has 1 radical (unpaired) electrons. The number of hydrogen-bond donors (Lipinski definition) is 0. The molecule has 1 aromatic carbocycles. The van der Waals surface area contributed by atoms with E-state index in [-0.39, 0.29) is 5.56 Å². The largest absolute Gasteiger partial charge is 0.241 e. The Morgan fingerprint density at radius 2 is 1.92 bits per heavy atom. The van der Waals surface area contributed by atoms with Gasteiger partial charge in [0.1, 0.15) is 11.6 Å². The maximum absolute atomic E-state index is 13.1. The van der Waals surface area contributed by atoms with Crippen molar-refractivity contribution >= 4 is 11.3 Å². The zero-order valence-electron chi connectivity index (χ0n) is 6.42. The summed E-state index contributed by atoms with van der Waals surface area (Å²) in [5.41, 5.74) is 2.51. The number of thiazole rings is 1. The van der Waals surface area contributed by atoms with Gasteiger partial charge in [0.2, 0.25) is 0 Å². The van der Waals surface area contributed by atoms with Crippen LogP contribution in [0.1, 0.15) is 0 Å². The highest BCUT2D eigenvalue weighted by Crippen LogP contribution is 2.28. The molecule has 0 saturated carbocycles. The minimum absolute atomic E-state index is 0.0266. The van der Waals surface area contributed by atoms with Crippen molar-refractivity contribution in [1.29, 1.82) is 0 Å². The van der Waals surface area contributed by atoms with Gasteiger partial charge in [0.05, 0.1) is 10.4 Å². The Morgan fingerprint density at radius 1 is 1.23 bits per heavy atom. The number of benzene rings is 1. The second-order valence-corrected chi connectivity index (χ2v) is 3.24. The highest BCUT2D eigenvalue weighted by atomic mass is 32.1. The molecule has 0 bridgehead atoms. The molecule has 1 heterocycles. The normalized spacial score (nSPS) is 10.3. The zero-order chi connectivity index (χ0) is 9.26. The Hall–Kier alpha value is -1.29. The van der Waals surface area contributed by atoms with Crippen LogP contribution in [0.2, 0.25) is 0 Å². The molecule has 2 aromatic rings. The van der Waals surface area contributed by atoms with Crippen LogP contribution < -0.4 is 0 Å². The van der Waals surface area contributed by atoms with Gasteiger partial charge in [0.15, 0.2) is 5.51 Å². The Bertz CT molecular complexity index is 391. The molecule has 0 aliphatic heterocycles. The number of hydrogen-bond acceptors (Lipinski definition) is 2. The van der Waals surface area contributed by atoms with E-state index in [2.05, 4.69) is 10.5 Å². The summed E-state index contributed by atoms with van der Waals surface area (Å²) in [5.74, 6) is -1.14. The molecule has 1 nitrogen and oxygen atoms in total. The quantitative estimate of drug-likeness (QED) is 0.683. The van der Waals surface area contributed by atoms with Crippen LogP contribution in [0.5, 0.6) is 0 Å². The van der Waals surface area contributed by atoms with Gasteiger partial charge in [0, 0.05) is 6.20 Å². The van der Waals surface area contributed by atoms with E-state index in [9.17, 15) is 8.78 Å². The molecule has 4 heteroatoms. The van der Waals surface area contributed by atoms with E-state index in [0.717, 1.165) is 11.3 Å². The van der Waals surface area contributed by atoms with Gasteiger partial charge in [-0.3, -0.25) is 0 Å². The average Bonchev–Trinajstić information content (AvgIpc) is 2.57. The predicted octanol–water partition coefficient (Wildman–Crippen LogP) is 2.89. The van der Waals surface area contributed by atoms with Crippen LogP contribution in [-0.2, 0) is 0 Å². The molecule has 0 aliphatic rings. The Balaban J connectivity index is 2.64. The van der Waals surface area contributed by atoms with Crippen LogP contribution in [0.4, 0.5) is 8.78 Å². The third kappa shape index (κ3) is 1.45. The first-order chi connectivity index (χ1) is 6.29. The van der Waals surface area contributed by atoms with Crippen molar-refractivity contribution in [3.63, 3.8) is 0 Å². The summed E-state index contributed by atoms with van der Waals surface area (Å²) >= 11 is 1.09. The molecule has 0 aliphatic carbocycles. The Morgan fingerprint density at radius 3 is 2.46 bits per heavy atom. The van der Waals surface area contributed by atoms with Gasteiger partial charge in [-0.25, -0.2) is 13.8 Å². The summed E-state index contributed by atoms with van der Waals surface area (Å²) in [5, 5.41) is 0. The van der Waals surface area contributed by atoms with E-state index in [1.807, 2.05) is 0 Å². The highest BCUT2D eigenvalue weighted by Gasteiger charge is 2.11. The minimum atomic E-state index is -0.572. The van der Waals surface area contributed by atoms with Crippen molar-refractivity contribution < 1.29 is 8.78 Å². The van der Waals surface area contributed by atoms with Crippen molar-refractivity contribution in [3.8, 4) is 10.4 Å². The summed E-state index contributed by atoms with van der Waals surface area (Å²) in [4.78, 5) is 4.10. The molecular formula is C9H4F2NS. The maximum atomic E-state index is 13.1. The topological polar surface area (TPSA) is 12.9 Å². The third-order valence-corrected chi connectivity index (χ3v) is 2.33. The summed E-state index contributed by atoms with van der Waals surface area (Å²) in [6.45, 7) is 0. The summed E-state index contributed by atoms with van der Waals surface area (Å²) < 4.78 is 26.3. The standard InChI is InChI=1S/C9H4F2NS/c10-6-2-1-3-7(11)9(6)8-4-12-5-13-8/h1-4H. The van der Waals surface area contributed by atoms with Crippen LogP contribution in [0, 0.1) is 17.1 Å². The van der Waals surface area contributed by atoms with Crippen molar-refractivity contribution in [1.82, 2.24) is 4.98 Å². The maximum Gasteiger partial charge on any atom is 0.152 e. The van der Waals surface area contributed by atoms with Crippen LogP contribution in [0.25, 0.3) is 10.4 Å². The monoisotopic (exact) mass is 196 g/mol. The molecule has 0 saturated heterocycles. The lowest BCUT2D eigenvalue weighted by atomic mass is 10.2. The Labute approximate surface area is 77.7 Å². The lowest BCUT2D eigenvalue weighted by molar-refractivity contribution is 0.590. The van der Waals surface area contributed by atoms with Gasteiger partial charge in [-0.2, -0.15) is 0 Å². The first kappa shape index (κ1) is 8.31. The van der Waals surface area contributed by atoms with E-state index in [0.29, 0.717) is 4.88 Å². The predicted molar refractivity (Wildman–Crippen MR) is 46.3 cm³/mol. The van der Waals surface area contributed by atoms with Gasteiger partial charge in [0.25, 0.3) is 0 Å². The van der Waals surface area contributed by atoms with Crippen LogP contribution >= 0.6 is 11.3 Å². The summed E-state index contributed by atoms with van der Waals surface area (Å²) in [7, 11) is 0. The van der Waals surface area contributed by atoms with Crippen molar-refractivity contribution in [2.75, 3.05) is 0 Å². The third-order valence-electron chi connectivity index (χ3n) is 1.60. The molecule has 65 valence electrons. The van der Waals surface area contributed by atoms with Gasteiger partial charge in [-0.15, -0.1) is 11.3 Å². The molecule has 13 heavy (non-hydrogen) atoms. The SMILES string of the molecule is Fc1cccc(F)c1-c1cn[c]s1. The Kier molecular flexibility index (Phi) is 2.06. The van der Waals surface area contributed by atoms with E-state index in [1.165, 1.54) is 24.4 Å². The summed E-state index contributed by atoms with van der Waals surface area (Å²) in [6, 6.07) is 3.77. The minimum Gasteiger partial charge on any atom is -0.241 e. The van der Waals surface area contributed by atoms with Crippen molar-refractivity contribution in [2.24, 2.45) is 0 Å². The van der Waals surface area contributed by atoms with Gasteiger partial charge >= 0.3 is 0 Å². The fourth-order valence-corrected chi connectivity index (χ4v) is 1.64. The lowest BCUT2D eigenvalue weighted by Crippen LogP contribution is -1.86. The van der Waals surface area contributed by atoms with Gasteiger partial charge in [-0.05, 0) is 12.1 Å². The number of nitrogens with zero attached hydrogens (tertiary/aromatic N) is 1. The van der Waals surface area contributed by atoms with Crippen molar-refractivity contribution in [3.05, 3.63) is 41.5 Å². The van der Waals surface area contributed by atoms with E-state index in [1.54, 1.807) is 0 Å². The number of rotatable bonds is 1. The molecule has 0 fully saturated rings. The molecular weight excluding hydrogens is 192 g/mol. The van der Waals surface area contributed by atoms with Crippen molar-refractivity contribution in [2.45, 2.75) is 0 Å². The molecule has 2 rings (SSSR count). The fraction of sp³-hybridized carbons (Fsp3) is 0. The van der Waals surface area contributed by atoms with Gasteiger partial charge in [-0.1, -0.05) is 6.07 Å². The zero-order valence-corrected chi connectivity index (χ0v) is 7.24. The molecule has 1 aromatic heterocycles. The summed E-state index contributed by atoms with van der Waals surface area (Å²) in [6.07, 6.45) is 1.40. The lowest BCUT2D eigenvalue weighted by Gasteiger charge is -1.99. The molecule has 0 amide bonds. The first-order valence-electron chi connectivity index (χ1n) is 3.55. The smallest absolute Gasteiger partial charge is 0.152 e. The average molecular weight is 196 g/mol. The number of aromatic nitrogens is 1.